The number of guanidine groups is 1. The molecule has 0 fully saturated rings. The minimum atomic E-state index is -0.0634. The number of amides is 1. The summed E-state index contributed by atoms with van der Waals surface area (Å²) in [6, 6.07) is 20.0. The second-order valence-corrected chi connectivity index (χ2v) is 6.19. The normalized spacial score (nSPS) is 12.3. The Morgan fingerprint density at radius 2 is 1.58 bits per heavy atom. The van der Waals surface area contributed by atoms with Gasteiger partial charge in [0.15, 0.2) is 5.96 Å². The monoisotopic (exact) mass is 352 g/mol. The van der Waals surface area contributed by atoms with Gasteiger partial charge in [0.05, 0.1) is 0 Å². The molecule has 1 amide bonds. The number of aryl methyl sites for hydroxylation is 1. The molecule has 26 heavy (non-hydrogen) atoms. The van der Waals surface area contributed by atoms with Gasteiger partial charge in [-0.2, -0.15) is 0 Å². The number of nitrogens with zero attached hydrogens (tertiary/aromatic N) is 1. The molecule has 0 saturated heterocycles. The molecule has 5 nitrogen and oxygen atoms in total. The zero-order valence-corrected chi connectivity index (χ0v) is 15.5. The Labute approximate surface area is 155 Å². The summed E-state index contributed by atoms with van der Waals surface area (Å²) in [5.41, 5.74) is 2.01. The number of aliphatic imine (C=N–C) groups is 1. The van der Waals surface area contributed by atoms with Crippen molar-refractivity contribution >= 4 is 11.9 Å². The first-order valence-electron chi connectivity index (χ1n) is 9.03. The van der Waals surface area contributed by atoms with E-state index in [1.54, 1.807) is 19.2 Å². The molecule has 1 atom stereocenters. The molecule has 0 bridgehead atoms. The maximum absolute atomic E-state index is 12.0. The first kappa shape index (κ1) is 19.5. The highest BCUT2D eigenvalue weighted by atomic mass is 16.1. The lowest BCUT2D eigenvalue weighted by Crippen LogP contribution is -2.45. The highest BCUT2D eigenvalue weighted by molar-refractivity contribution is 5.94. The second kappa shape index (κ2) is 10.9. The summed E-state index contributed by atoms with van der Waals surface area (Å²) < 4.78 is 0. The number of benzene rings is 2. The van der Waals surface area contributed by atoms with Crippen molar-refractivity contribution in [2.24, 2.45) is 4.99 Å². The minimum Gasteiger partial charge on any atom is -0.355 e. The van der Waals surface area contributed by atoms with E-state index in [0.29, 0.717) is 24.7 Å². The fraction of sp³-hybridized carbons (Fsp3) is 0.333. The molecule has 0 radical (unpaired) electrons. The molecule has 2 aromatic rings. The summed E-state index contributed by atoms with van der Waals surface area (Å²) >= 11 is 0. The van der Waals surface area contributed by atoms with Gasteiger partial charge in [0.2, 0.25) is 0 Å². The average Bonchev–Trinajstić information content (AvgIpc) is 2.70. The Kier molecular flexibility index (Phi) is 8.19. The van der Waals surface area contributed by atoms with E-state index in [1.807, 2.05) is 24.3 Å². The Bertz CT molecular complexity index is 686. The van der Waals surface area contributed by atoms with E-state index in [-0.39, 0.29) is 5.91 Å². The summed E-state index contributed by atoms with van der Waals surface area (Å²) in [5, 5.41) is 9.51. The molecular weight excluding hydrogens is 324 g/mol. The second-order valence-electron chi connectivity index (χ2n) is 6.19. The zero-order chi connectivity index (χ0) is 18.6. The maximum atomic E-state index is 12.0. The third-order valence-electron chi connectivity index (χ3n) is 4.05. The van der Waals surface area contributed by atoms with Crippen LogP contribution in [0.4, 0.5) is 0 Å². The van der Waals surface area contributed by atoms with E-state index < -0.39 is 0 Å². The van der Waals surface area contributed by atoms with Crippen LogP contribution in [0.15, 0.2) is 65.7 Å². The summed E-state index contributed by atoms with van der Waals surface area (Å²) in [5.74, 6) is 0.686. The van der Waals surface area contributed by atoms with Crippen molar-refractivity contribution in [3.05, 3.63) is 71.8 Å². The fourth-order valence-electron chi connectivity index (χ4n) is 2.58. The third-order valence-corrected chi connectivity index (χ3v) is 4.05. The Hall–Kier alpha value is -2.82. The smallest absolute Gasteiger partial charge is 0.251 e. The van der Waals surface area contributed by atoms with E-state index in [2.05, 4.69) is 52.1 Å². The van der Waals surface area contributed by atoms with Crippen LogP contribution in [0.3, 0.4) is 0 Å². The lowest BCUT2D eigenvalue weighted by molar-refractivity contribution is 0.0954. The van der Waals surface area contributed by atoms with Crippen molar-refractivity contribution in [1.82, 2.24) is 16.0 Å². The Morgan fingerprint density at radius 3 is 2.23 bits per heavy atom. The molecule has 0 heterocycles. The maximum Gasteiger partial charge on any atom is 0.251 e. The number of carbonyl (C=O) groups excluding carboxylic acids is 1. The van der Waals surface area contributed by atoms with Gasteiger partial charge in [-0.05, 0) is 37.5 Å². The lowest BCUT2D eigenvalue weighted by atomic mass is 10.1. The van der Waals surface area contributed by atoms with E-state index in [9.17, 15) is 4.79 Å². The lowest BCUT2D eigenvalue weighted by Gasteiger charge is -2.18. The van der Waals surface area contributed by atoms with Crippen molar-refractivity contribution in [1.29, 1.82) is 0 Å². The summed E-state index contributed by atoms with van der Waals surface area (Å²) in [6.45, 7) is 3.30. The predicted octanol–water partition coefficient (Wildman–Crippen LogP) is 2.60. The molecule has 1 unspecified atom stereocenters. The van der Waals surface area contributed by atoms with E-state index >= 15 is 0 Å². The van der Waals surface area contributed by atoms with Crippen LogP contribution in [0.5, 0.6) is 0 Å². The van der Waals surface area contributed by atoms with Crippen LogP contribution in [0.25, 0.3) is 0 Å². The summed E-state index contributed by atoms with van der Waals surface area (Å²) in [6.07, 6.45) is 2.05. The van der Waals surface area contributed by atoms with Crippen LogP contribution in [-0.4, -0.2) is 38.0 Å². The molecule has 2 aromatic carbocycles. The van der Waals surface area contributed by atoms with Gasteiger partial charge in [0.1, 0.15) is 0 Å². The molecule has 0 aliphatic rings. The molecule has 138 valence electrons. The van der Waals surface area contributed by atoms with Crippen molar-refractivity contribution < 1.29 is 4.79 Å². The molecule has 0 aliphatic carbocycles. The topological polar surface area (TPSA) is 65.5 Å². The quantitative estimate of drug-likeness (QED) is 0.389. The van der Waals surface area contributed by atoms with Crippen molar-refractivity contribution in [2.75, 3.05) is 20.1 Å². The van der Waals surface area contributed by atoms with Gasteiger partial charge in [-0.3, -0.25) is 9.79 Å². The molecule has 0 aliphatic heterocycles. The van der Waals surface area contributed by atoms with Gasteiger partial charge in [-0.1, -0.05) is 48.5 Å². The van der Waals surface area contributed by atoms with Gasteiger partial charge >= 0.3 is 0 Å². The molecule has 0 saturated carbocycles. The largest absolute Gasteiger partial charge is 0.355 e. The predicted molar refractivity (Wildman–Crippen MR) is 107 cm³/mol. The number of hydrogen-bond donors (Lipinski definition) is 3. The molecule has 3 N–H and O–H groups in total. The van der Waals surface area contributed by atoms with Crippen LogP contribution in [-0.2, 0) is 6.42 Å². The van der Waals surface area contributed by atoms with Gasteiger partial charge in [-0.15, -0.1) is 0 Å². The number of rotatable bonds is 8. The first-order chi connectivity index (χ1) is 12.7. The highest BCUT2D eigenvalue weighted by Gasteiger charge is 2.06. The van der Waals surface area contributed by atoms with Gasteiger partial charge in [0.25, 0.3) is 5.91 Å². The average molecular weight is 352 g/mol. The molecular formula is C21H28N4O. The number of nitrogens with one attached hydrogen (secondary N) is 3. The minimum absolute atomic E-state index is 0.0634. The molecule has 2 rings (SSSR count). The fourth-order valence-corrected chi connectivity index (χ4v) is 2.58. The molecule has 5 heteroatoms. The van der Waals surface area contributed by atoms with Crippen LogP contribution >= 0.6 is 0 Å². The van der Waals surface area contributed by atoms with E-state index in [4.69, 9.17) is 0 Å². The van der Waals surface area contributed by atoms with E-state index in [1.165, 1.54) is 5.56 Å². The van der Waals surface area contributed by atoms with Crippen LogP contribution in [0.2, 0.25) is 0 Å². The van der Waals surface area contributed by atoms with Gasteiger partial charge in [-0.25, -0.2) is 0 Å². The Balaban J connectivity index is 1.65. The SMILES string of the molecule is CN=C(NCCNC(=O)c1ccccc1)NC(C)CCc1ccccc1. The van der Waals surface area contributed by atoms with Gasteiger partial charge < -0.3 is 16.0 Å². The van der Waals surface area contributed by atoms with Crippen molar-refractivity contribution in [3.8, 4) is 0 Å². The van der Waals surface area contributed by atoms with Crippen molar-refractivity contribution in [2.45, 2.75) is 25.8 Å². The first-order valence-corrected chi connectivity index (χ1v) is 9.03. The summed E-state index contributed by atoms with van der Waals surface area (Å²) in [4.78, 5) is 16.2. The van der Waals surface area contributed by atoms with Crippen LogP contribution < -0.4 is 16.0 Å². The van der Waals surface area contributed by atoms with Crippen LogP contribution in [0, 0.1) is 0 Å². The molecule has 0 aromatic heterocycles. The van der Waals surface area contributed by atoms with Crippen LogP contribution in [0.1, 0.15) is 29.3 Å². The zero-order valence-electron chi connectivity index (χ0n) is 15.5. The number of hydrogen-bond acceptors (Lipinski definition) is 2. The summed E-state index contributed by atoms with van der Waals surface area (Å²) in [7, 11) is 1.75. The van der Waals surface area contributed by atoms with E-state index in [0.717, 1.165) is 18.8 Å². The third kappa shape index (κ3) is 6.97. The Morgan fingerprint density at radius 1 is 0.962 bits per heavy atom. The standard InChI is InChI=1S/C21H28N4O/c1-17(13-14-18-9-5-3-6-10-18)25-21(22-2)24-16-15-23-20(26)19-11-7-4-8-12-19/h3-12,17H,13-16H2,1-2H3,(H,23,26)(H2,22,24,25). The van der Waals surface area contributed by atoms with Gasteiger partial charge in [0, 0.05) is 31.7 Å². The van der Waals surface area contributed by atoms with Crippen molar-refractivity contribution in [3.63, 3.8) is 0 Å². The molecule has 0 spiro atoms. The number of carbonyl (C=O) groups is 1. The highest BCUT2D eigenvalue weighted by Crippen LogP contribution is 2.04.